The number of carbonyl (C=O) groups excluding carboxylic acids is 1. The molecule has 1 atom stereocenters. The van der Waals surface area contributed by atoms with Crippen molar-refractivity contribution in [2.24, 2.45) is 0 Å². The molecule has 0 bridgehead atoms. The second kappa shape index (κ2) is 4.96. The minimum atomic E-state index is -0.156. The predicted octanol–water partition coefficient (Wildman–Crippen LogP) is 3.63. The minimum Gasteiger partial charge on any atom is -0.302 e. The summed E-state index contributed by atoms with van der Waals surface area (Å²) in [5.74, 6) is -0.156. The van der Waals surface area contributed by atoms with Crippen molar-refractivity contribution in [1.29, 1.82) is 0 Å². The summed E-state index contributed by atoms with van der Waals surface area (Å²) in [6, 6.07) is 16.2. The third kappa shape index (κ3) is 2.44. The number of aldehydes is 1. The molecule has 2 rings (SSSR count). The highest BCUT2D eigenvalue weighted by atomic mass is 16.1. The molecule has 0 unspecified atom stereocenters. The van der Waals surface area contributed by atoms with Gasteiger partial charge in [0.05, 0.1) is 5.92 Å². The van der Waals surface area contributed by atoms with Crippen LogP contribution in [0.3, 0.4) is 0 Å². The molecule has 0 saturated carbocycles. The quantitative estimate of drug-likeness (QED) is 0.727. The molecule has 0 aliphatic heterocycles. The van der Waals surface area contributed by atoms with Crippen LogP contribution in [0.15, 0.2) is 48.5 Å². The Hall–Kier alpha value is -1.89. The number of hydrogen-bond acceptors (Lipinski definition) is 1. The molecule has 0 saturated heterocycles. The Morgan fingerprint density at radius 1 is 1.00 bits per heavy atom. The van der Waals surface area contributed by atoms with Crippen molar-refractivity contribution in [3.05, 3.63) is 70.8 Å². The lowest BCUT2D eigenvalue weighted by molar-refractivity contribution is -0.108. The smallest absolute Gasteiger partial charge is 0.131 e. The van der Waals surface area contributed by atoms with Crippen LogP contribution in [0, 0.1) is 13.8 Å². The van der Waals surface area contributed by atoms with Gasteiger partial charge in [-0.05, 0) is 30.5 Å². The largest absolute Gasteiger partial charge is 0.302 e. The van der Waals surface area contributed by atoms with Gasteiger partial charge in [0.25, 0.3) is 0 Å². The molecule has 17 heavy (non-hydrogen) atoms. The van der Waals surface area contributed by atoms with E-state index in [1.165, 1.54) is 5.56 Å². The van der Waals surface area contributed by atoms with Crippen LogP contribution < -0.4 is 0 Å². The molecule has 86 valence electrons. The van der Waals surface area contributed by atoms with E-state index < -0.39 is 0 Å². The Bertz CT molecular complexity index is 514. The van der Waals surface area contributed by atoms with Crippen molar-refractivity contribution in [2.45, 2.75) is 19.8 Å². The van der Waals surface area contributed by atoms with E-state index in [1.54, 1.807) is 0 Å². The summed E-state index contributed by atoms with van der Waals surface area (Å²) >= 11 is 0. The first-order chi connectivity index (χ1) is 8.22. The van der Waals surface area contributed by atoms with E-state index in [4.69, 9.17) is 0 Å². The summed E-state index contributed by atoms with van der Waals surface area (Å²) in [7, 11) is 0. The fourth-order valence-electron chi connectivity index (χ4n) is 2.09. The summed E-state index contributed by atoms with van der Waals surface area (Å²) in [6.07, 6.45) is 1.02. The van der Waals surface area contributed by atoms with Crippen molar-refractivity contribution in [1.82, 2.24) is 0 Å². The fourth-order valence-corrected chi connectivity index (χ4v) is 2.09. The fraction of sp³-hybridized carbons (Fsp3) is 0.188. The third-order valence-electron chi connectivity index (χ3n) is 3.06. The van der Waals surface area contributed by atoms with Gasteiger partial charge in [0, 0.05) is 0 Å². The van der Waals surface area contributed by atoms with E-state index in [0.717, 1.165) is 23.0 Å². The highest BCUT2D eigenvalue weighted by Gasteiger charge is 2.14. The van der Waals surface area contributed by atoms with Gasteiger partial charge in [0.1, 0.15) is 6.29 Å². The number of carbonyl (C=O) groups is 1. The zero-order chi connectivity index (χ0) is 12.3. The van der Waals surface area contributed by atoms with Crippen molar-refractivity contribution < 1.29 is 4.79 Å². The number of hydrogen-bond donors (Lipinski definition) is 0. The Balaban J connectivity index is 2.49. The average molecular weight is 224 g/mol. The molecule has 1 heteroatoms. The second-order valence-corrected chi connectivity index (χ2v) is 4.38. The molecule has 2 aromatic carbocycles. The van der Waals surface area contributed by atoms with Gasteiger partial charge < -0.3 is 4.79 Å². The van der Waals surface area contributed by atoms with Crippen LogP contribution in [0.5, 0.6) is 0 Å². The van der Waals surface area contributed by atoms with Crippen molar-refractivity contribution in [2.75, 3.05) is 0 Å². The zero-order valence-corrected chi connectivity index (χ0v) is 10.2. The molecule has 0 fully saturated rings. The molecular weight excluding hydrogens is 208 g/mol. The first-order valence-corrected chi connectivity index (χ1v) is 5.80. The maximum atomic E-state index is 11.4. The van der Waals surface area contributed by atoms with Crippen LogP contribution in [-0.4, -0.2) is 6.29 Å². The normalized spacial score (nSPS) is 12.1. The zero-order valence-electron chi connectivity index (χ0n) is 10.2. The molecule has 0 amide bonds. The highest BCUT2D eigenvalue weighted by molar-refractivity contribution is 5.69. The summed E-state index contributed by atoms with van der Waals surface area (Å²) in [5, 5.41) is 0. The molecule has 2 aromatic rings. The first kappa shape index (κ1) is 11.6. The Morgan fingerprint density at radius 3 is 2.35 bits per heavy atom. The molecular formula is C16H16O. The molecule has 1 nitrogen and oxygen atoms in total. The van der Waals surface area contributed by atoms with E-state index in [2.05, 4.69) is 25.1 Å². The van der Waals surface area contributed by atoms with Gasteiger partial charge in [-0.3, -0.25) is 0 Å². The summed E-state index contributed by atoms with van der Waals surface area (Å²) in [4.78, 5) is 11.4. The topological polar surface area (TPSA) is 17.1 Å². The lowest BCUT2D eigenvalue weighted by atomic mass is 9.89. The number of aryl methyl sites for hydroxylation is 2. The Morgan fingerprint density at radius 2 is 1.71 bits per heavy atom. The Labute approximate surface area is 102 Å². The van der Waals surface area contributed by atoms with Crippen LogP contribution in [0.2, 0.25) is 0 Å². The van der Waals surface area contributed by atoms with Crippen LogP contribution in [0.1, 0.15) is 28.2 Å². The maximum Gasteiger partial charge on any atom is 0.131 e. The van der Waals surface area contributed by atoms with E-state index in [1.807, 2.05) is 37.3 Å². The van der Waals surface area contributed by atoms with Gasteiger partial charge in [-0.15, -0.1) is 0 Å². The van der Waals surface area contributed by atoms with Gasteiger partial charge in [-0.1, -0.05) is 54.1 Å². The monoisotopic (exact) mass is 224 g/mol. The van der Waals surface area contributed by atoms with Crippen molar-refractivity contribution >= 4 is 6.29 Å². The van der Waals surface area contributed by atoms with Gasteiger partial charge in [-0.25, -0.2) is 0 Å². The van der Waals surface area contributed by atoms with Crippen LogP contribution in [0.4, 0.5) is 0 Å². The van der Waals surface area contributed by atoms with E-state index in [9.17, 15) is 4.79 Å². The lowest BCUT2D eigenvalue weighted by Gasteiger charge is -2.14. The van der Waals surface area contributed by atoms with E-state index in [-0.39, 0.29) is 5.92 Å². The number of rotatable bonds is 3. The van der Waals surface area contributed by atoms with E-state index in [0.29, 0.717) is 0 Å². The number of benzene rings is 2. The van der Waals surface area contributed by atoms with Gasteiger partial charge in [0.15, 0.2) is 0 Å². The molecule has 0 radical (unpaired) electrons. The van der Waals surface area contributed by atoms with Crippen LogP contribution in [-0.2, 0) is 4.79 Å². The van der Waals surface area contributed by atoms with Crippen molar-refractivity contribution in [3.8, 4) is 0 Å². The minimum absolute atomic E-state index is 0.156. The SMILES string of the molecule is Cc1ccc(C)c([C@H](C=O)c2ccccc2)c1. The second-order valence-electron chi connectivity index (χ2n) is 4.38. The Kier molecular flexibility index (Phi) is 3.38. The standard InChI is InChI=1S/C16H16O/c1-12-8-9-13(2)15(10-12)16(11-17)14-6-4-3-5-7-14/h3-11,16H,1-2H3/t16-/m1/s1. The van der Waals surface area contributed by atoms with E-state index >= 15 is 0 Å². The van der Waals surface area contributed by atoms with Crippen LogP contribution in [0.25, 0.3) is 0 Å². The third-order valence-corrected chi connectivity index (χ3v) is 3.06. The van der Waals surface area contributed by atoms with Gasteiger partial charge in [0.2, 0.25) is 0 Å². The summed E-state index contributed by atoms with van der Waals surface area (Å²) in [6.45, 7) is 4.10. The maximum absolute atomic E-state index is 11.4. The predicted molar refractivity (Wildman–Crippen MR) is 70.3 cm³/mol. The lowest BCUT2D eigenvalue weighted by Crippen LogP contribution is -2.04. The molecule has 0 aliphatic rings. The van der Waals surface area contributed by atoms with Gasteiger partial charge >= 0.3 is 0 Å². The molecule has 0 N–H and O–H groups in total. The highest BCUT2D eigenvalue weighted by Crippen LogP contribution is 2.26. The summed E-state index contributed by atoms with van der Waals surface area (Å²) < 4.78 is 0. The first-order valence-electron chi connectivity index (χ1n) is 5.80. The van der Waals surface area contributed by atoms with Gasteiger partial charge in [-0.2, -0.15) is 0 Å². The molecule has 0 aliphatic carbocycles. The average Bonchev–Trinajstić information content (AvgIpc) is 2.36. The summed E-state index contributed by atoms with van der Waals surface area (Å²) in [5.41, 5.74) is 4.51. The van der Waals surface area contributed by atoms with Crippen LogP contribution >= 0.6 is 0 Å². The molecule has 0 heterocycles. The molecule has 0 spiro atoms. The van der Waals surface area contributed by atoms with Crippen molar-refractivity contribution in [3.63, 3.8) is 0 Å². The molecule has 0 aromatic heterocycles.